The van der Waals surface area contributed by atoms with Gasteiger partial charge in [-0.05, 0) is 13.7 Å². The molecule has 0 aromatic carbocycles. The fraction of sp³-hybridized carbons (Fsp3) is 0.750. The van der Waals surface area contributed by atoms with Gasteiger partial charge in [-0.25, -0.2) is 0 Å². The third-order valence-corrected chi connectivity index (χ3v) is 0.157. The molecule has 0 heterocycles. The third kappa shape index (κ3) is 3.45. The SMILES string of the molecule is [2H]OC(C#N)(C([2H])([2H])[2H])C([2H])([2H])[2H]. The van der Waals surface area contributed by atoms with Crippen molar-refractivity contribution in [3.63, 3.8) is 0 Å². The van der Waals surface area contributed by atoms with Crippen LogP contribution >= 0.6 is 0 Å². The number of rotatable bonds is 1. The molecule has 0 aliphatic heterocycles. The van der Waals surface area contributed by atoms with Gasteiger partial charge in [0.1, 0.15) is 5.60 Å². The molecule has 0 saturated carbocycles. The lowest BCUT2D eigenvalue weighted by Gasteiger charge is -2.00. The molecule has 0 aromatic heterocycles. The molecular formula is C4H7NO. The van der Waals surface area contributed by atoms with E-state index in [1.165, 1.54) is 0 Å². The summed E-state index contributed by atoms with van der Waals surface area (Å²) in [5, 5.41) is 12.0. The second-order valence-corrected chi connectivity index (χ2v) is 0.793. The molecule has 0 saturated heterocycles. The predicted octanol–water partition coefficient (Wildman–Crippen LogP) is 0.281. The van der Waals surface area contributed by atoms with E-state index in [0.29, 0.717) is 0 Å². The second kappa shape index (κ2) is 1.27. The summed E-state index contributed by atoms with van der Waals surface area (Å²) < 4.78 is 47.2. The largest absolute Gasteiger partial charge is 0.376 e. The van der Waals surface area contributed by atoms with Crippen LogP contribution in [0.4, 0.5) is 0 Å². The Morgan fingerprint density at radius 2 is 2.83 bits per heavy atom. The van der Waals surface area contributed by atoms with E-state index in [4.69, 9.17) is 14.9 Å². The first-order valence-corrected chi connectivity index (χ1v) is 1.18. The maximum absolute atomic E-state index is 8.43. The van der Waals surface area contributed by atoms with E-state index in [-0.39, 0.29) is 0 Å². The van der Waals surface area contributed by atoms with Crippen LogP contribution in [0, 0.1) is 11.3 Å². The normalized spacial score (nSPS) is 31.5. The summed E-state index contributed by atoms with van der Waals surface area (Å²) in [6.07, 6.45) is 0. The minimum Gasteiger partial charge on any atom is -0.376 e. The van der Waals surface area contributed by atoms with Gasteiger partial charge in [0.05, 0.1) is 6.07 Å². The van der Waals surface area contributed by atoms with Crippen molar-refractivity contribution in [1.82, 2.24) is 0 Å². The van der Waals surface area contributed by atoms with Crippen LogP contribution in [-0.2, 0) is 0 Å². The summed E-state index contributed by atoms with van der Waals surface area (Å²) in [6, 6.07) is 1.01. The minimum absolute atomic E-state index is 1.01. The molecule has 0 bridgehead atoms. The molecule has 1 N–H and O–H groups in total. The van der Waals surface area contributed by atoms with Gasteiger partial charge in [0.15, 0.2) is 0 Å². The smallest absolute Gasteiger partial charge is 0.212 e. The minimum atomic E-state index is -3.19. The van der Waals surface area contributed by atoms with Gasteiger partial charge in [-0.15, -0.1) is 0 Å². The highest BCUT2D eigenvalue weighted by molar-refractivity contribution is 4.91. The Hall–Kier alpha value is -0.550. The molecule has 2 nitrogen and oxygen atoms in total. The fourth-order valence-corrected chi connectivity index (χ4v) is 0. The van der Waals surface area contributed by atoms with E-state index in [2.05, 4.69) is 5.11 Å². The average Bonchev–Trinajstić information content (AvgIpc) is 1.84. The van der Waals surface area contributed by atoms with Gasteiger partial charge in [-0.1, -0.05) is 0 Å². The Kier molecular flexibility index (Phi) is 0.175. The van der Waals surface area contributed by atoms with Crippen molar-refractivity contribution in [2.24, 2.45) is 0 Å². The summed E-state index contributed by atoms with van der Waals surface area (Å²) in [6.45, 7) is -6.37. The van der Waals surface area contributed by atoms with Crippen LogP contribution in [0.15, 0.2) is 0 Å². The molecular weight excluding hydrogens is 78.0 g/mol. The molecule has 2 heteroatoms. The Labute approximate surface area is 46.9 Å². The van der Waals surface area contributed by atoms with Crippen molar-refractivity contribution in [2.45, 2.75) is 19.3 Å². The van der Waals surface area contributed by atoms with E-state index in [9.17, 15) is 0 Å². The molecule has 0 amide bonds. The number of hydrogen-bond donors (Lipinski definition) is 1. The molecule has 0 aromatic rings. The first-order valence-electron chi connectivity index (χ1n) is 4.59. The molecule has 34 valence electrons. The monoisotopic (exact) mass is 92.1 g/mol. The molecule has 0 aliphatic rings. The Bertz CT molecular complexity index is 208. The zero-order valence-corrected chi connectivity index (χ0v) is 2.86. The fourth-order valence-electron chi connectivity index (χ4n) is 0. The highest BCUT2D eigenvalue weighted by atomic mass is 16.3. The molecule has 0 fully saturated rings. The van der Waals surface area contributed by atoms with Crippen LogP contribution < -0.4 is 0 Å². The van der Waals surface area contributed by atoms with E-state index < -0.39 is 19.3 Å². The van der Waals surface area contributed by atoms with Gasteiger partial charge < -0.3 is 5.11 Å². The Morgan fingerprint density at radius 1 is 2.17 bits per heavy atom. The van der Waals surface area contributed by atoms with E-state index in [1.54, 1.807) is 0 Å². The number of nitriles is 1. The Balaban J connectivity index is 5.35. The van der Waals surface area contributed by atoms with Crippen molar-refractivity contribution >= 4 is 0 Å². The topological polar surface area (TPSA) is 44.0 Å². The van der Waals surface area contributed by atoms with Crippen molar-refractivity contribution in [2.75, 3.05) is 0 Å². The lowest BCUT2D eigenvalue weighted by molar-refractivity contribution is 0.141. The molecule has 0 aliphatic carbocycles. The second-order valence-electron chi connectivity index (χ2n) is 0.793. The quantitative estimate of drug-likeness (QED) is 0.472. The van der Waals surface area contributed by atoms with Crippen molar-refractivity contribution in [1.29, 1.82) is 6.69 Å². The molecule has 0 spiro atoms. The zero-order valence-electron chi connectivity index (χ0n) is 9.86. The van der Waals surface area contributed by atoms with Crippen LogP contribution in [0.25, 0.3) is 0 Å². The standard InChI is InChI=1S/C4H7NO/c1-4(2,6)3-5/h6H,1-2H3/i1D3,2D3,6D. The summed E-state index contributed by atoms with van der Waals surface area (Å²) >= 11 is 0. The summed E-state index contributed by atoms with van der Waals surface area (Å²) in [5.74, 6) is 0. The molecule has 0 atom stereocenters. The van der Waals surface area contributed by atoms with Crippen molar-refractivity contribution < 1.29 is 13.3 Å². The molecule has 0 radical (unpaired) electrons. The maximum Gasteiger partial charge on any atom is 0.212 e. The van der Waals surface area contributed by atoms with E-state index >= 15 is 0 Å². The van der Waals surface area contributed by atoms with Gasteiger partial charge in [0.2, 0.25) is 1.43 Å². The molecule has 0 rings (SSSR count). The van der Waals surface area contributed by atoms with E-state index in [1.807, 2.05) is 0 Å². The van der Waals surface area contributed by atoms with Crippen LogP contribution in [-0.4, -0.2) is 12.1 Å². The zero-order chi connectivity index (χ0) is 10.9. The lowest BCUT2D eigenvalue weighted by atomic mass is 10.2. The lowest BCUT2D eigenvalue weighted by Crippen LogP contribution is -2.13. The number of nitrogens with zero attached hydrogens (tertiary/aromatic N) is 1. The summed E-state index contributed by atoms with van der Waals surface area (Å²) in [7, 11) is 0. The predicted molar refractivity (Wildman–Crippen MR) is 21.9 cm³/mol. The third-order valence-electron chi connectivity index (χ3n) is 0.157. The number of hydrogen-bond acceptors (Lipinski definition) is 2. The summed E-state index contributed by atoms with van der Waals surface area (Å²) in [5.41, 5.74) is -3.07. The molecule has 0 unspecified atom stereocenters. The van der Waals surface area contributed by atoms with Gasteiger partial charge in [-0.2, -0.15) is 5.26 Å². The summed E-state index contributed by atoms with van der Waals surface area (Å²) in [4.78, 5) is 0. The first-order chi connectivity index (χ1) is 5.62. The van der Waals surface area contributed by atoms with Gasteiger partial charge in [0, 0.05) is 8.22 Å². The first kappa shape index (κ1) is 0.823. The van der Waals surface area contributed by atoms with Gasteiger partial charge in [-0.3, -0.25) is 0 Å². The van der Waals surface area contributed by atoms with Crippen LogP contribution in [0.1, 0.15) is 21.9 Å². The van der Waals surface area contributed by atoms with Crippen LogP contribution in [0.2, 0.25) is 0 Å². The highest BCUT2D eigenvalue weighted by Gasteiger charge is 2.07. The Morgan fingerprint density at radius 3 is 2.83 bits per heavy atom. The highest BCUT2D eigenvalue weighted by Crippen LogP contribution is 1.93. The molecule has 6 heavy (non-hydrogen) atoms. The van der Waals surface area contributed by atoms with Crippen LogP contribution in [0.3, 0.4) is 0 Å². The van der Waals surface area contributed by atoms with Crippen molar-refractivity contribution in [3.8, 4) is 6.07 Å². The average molecular weight is 92.1 g/mol. The van der Waals surface area contributed by atoms with Crippen LogP contribution in [0.5, 0.6) is 0 Å². The van der Waals surface area contributed by atoms with E-state index in [0.717, 1.165) is 6.07 Å². The van der Waals surface area contributed by atoms with Gasteiger partial charge >= 0.3 is 0 Å². The van der Waals surface area contributed by atoms with Gasteiger partial charge in [0.25, 0.3) is 0 Å². The number of aliphatic hydroxyl groups is 1. The maximum atomic E-state index is 8.43. The van der Waals surface area contributed by atoms with Crippen molar-refractivity contribution in [3.05, 3.63) is 0 Å².